The Bertz CT molecular complexity index is 1170. The highest BCUT2D eigenvalue weighted by Crippen LogP contribution is 2.44. The van der Waals surface area contributed by atoms with Gasteiger partial charge in [0.2, 0.25) is 0 Å². The lowest BCUT2D eigenvalue weighted by Gasteiger charge is -2.19. The van der Waals surface area contributed by atoms with Gasteiger partial charge in [-0.15, -0.1) is 0 Å². The minimum absolute atomic E-state index is 0.0929. The minimum atomic E-state index is -1.31. The number of carboxylic acids is 1. The van der Waals surface area contributed by atoms with Crippen molar-refractivity contribution in [2.75, 3.05) is 20.8 Å². The molecular formula is C25H22INO6. The first-order chi connectivity index (χ1) is 15.9. The van der Waals surface area contributed by atoms with Gasteiger partial charge in [-0.2, -0.15) is 0 Å². The van der Waals surface area contributed by atoms with E-state index in [0.29, 0.717) is 20.6 Å². The molecule has 3 aromatic rings. The van der Waals surface area contributed by atoms with Crippen LogP contribution in [0, 0.1) is 3.57 Å². The van der Waals surface area contributed by atoms with Gasteiger partial charge in [-0.05, 0) is 62.5 Å². The van der Waals surface area contributed by atoms with Gasteiger partial charge in [-0.25, -0.2) is 9.59 Å². The van der Waals surface area contributed by atoms with Crippen molar-refractivity contribution in [3.63, 3.8) is 0 Å². The zero-order valence-electron chi connectivity index (χ0n) is 18.0. The van der Waals surface area contributed by atoms with Crippen molar-refractivity contribution in [1.82, 2.24) is 5.32 Å². The van der Waals surface area contributed by atoms with Crippen LogP contribution in [0.3, 0.4) is 0 Å². The van der Waals surface area contributed by atoms with E-state index in [1.165, 1.54) is 20.3 Å². The number of halogens is 1. The van der Waals surface area contributed by atoms with Crippen LogP contribution in [-0.2, 0) is 9.53 Å². The van der Waals surface area contributed by atoms with E-state index in [1.807, 2.05) is 71.1 Å². The molecule has 0 radical (unpaired) electrons. The molecule has 1 aliphatic carbocycles. The summed E-state index contributed by atoms with van der Waals surface area (Å²) >= 11 is 2.03. The van der Waals surface area contributed by atoms with Crippen LogP contribution in [0.4, 0.5) is 4.79 Å². The second-order valence-electron chi connectivity index (χ2n) is 7.48. The summed E-state index contributed by atoms with van der Waals surface area (Å²) in [6, 6.07) is 17.9. The van der Waals surface area contributed by atoms with E-state index in [-0.39, 0.29) is 12.5 Å². The van der Waals surface area contributed by atoms with Crippen LogP contribution in [-0.4, -0.2) is 38.0 Å². The highest BCUT2D eigenvalue weighted by Gasteiger charge is 2.30. The molecule has 0 bridgehead atoms. The molecule has 0 heterocycles. The van der Waals surface area contributed by atoms with Crippen LogP contribution >= 0.6 is 22.6 Å². The number of amides is 1. The molecule has 7 nitrogen and oxygen atoms in total. The summed E-state index contributed by atoms with van der Waals surface area (Å²) in [6.45, 7) is 0.0929. The molecule has 33 heavy (non-hydrogen) atoms. The topological polar surface area (TPSA) is 94.1 Å². The number of nitrogens with one attached hydrogen (secondary N) is 1. The Hall–Kier alpha value is -3.27. The zero-order chi connectivity index (χ0) is 23.5. The van der Waals surface area contributed by atoms with E-state index in [9.17, 15) is 14.7 Å². The van der Waals surface area contributed by atoms with E-state index in [1.54, 1.807) is 6.07 Å². The molecule has 0 aliphatic heterocycles. The number of hydrogen-bond acceptors (Lipinski definition) is 5. The molecule has 0 aromatic heterocycles. The van der Waals surface area contributed by atoms with Gasteiger partial charge in [-0.1, -0.05) is 48.5 Å². The van der Waals surface area contributed by atoms with Crippen molar-refractivity contribution < 1.29 is 28.9 Å². The Morgan fingerprint density at radius 2 is 1.61 bits per heavy atom. The molecule has 0 fully saturated rings. The smallest absolute Gasteiger partial charge is 0.408 e. The van der Waals surface area contributed by atoms with Crippen molar-refractivity contribution in [2.45, 2.75) is 12.0 Å². The summed E-state index contributed by atoms with van der Waals surface area (Å²) in [5.74, 6) is -0.466. The fourth-order valence-corrected chi connectivity index (χ4v) is 5.00. The molecule has 2 N–H and O–H groups in total. The number of fused-ring (bicyclic) bond motifs is 3. The Morgan fingerprint density at radius 3 is 2.15 bits per heavy atom. The predicted molar refractivity (Wildman–Crippen MR) is 131 cm³/mol. The maximum Gasteiger partial charge on any atom is 0.408 e. The van der Waals surface area contributed by atoms with Crippen molar-refractivity contribution in [1.29, 1.82) is 0 Å². The van der Waals surface area contributed by atoms with Gasteiger partial charge in [0, 0.05) is 5.92 Å². The minimum Gasteiger partial charge on any atom is -0.493 e. The van der Waals surface area contributed by atoms with Crippen LogP contribution in [0.1, 0.15) is 28.7 Å². The Morgan fingerprint density at radius 1 is 1.00 bits per heavy atom. The molecule has 1 amide bonds. The first-order valence-corrected chi connectivity index (χ1v) is 11.3. The summed E-state index contributed by atoms with van der Waals surface area (Å²) < 4.78 is 16.8. The number of alkyl carbamates (subject to hydrolysis) is 1. The number of carboxylic acid groups (broad SMARTS) is 1. The fraction of sp³-hybridized carbons (Fsp3) is 0.200. The molecule has 1 unspecified atom stereocenters. The largest absolute Gasteiger partial charge is 0.493 e. The molecule has 170 valence electrons. The van der Waals surface area contributed by atoms with Gasteiger partial charge < -0.3 is 24.6 Å². The van der Waals surface area contributed by atoms with Crippen molar-refractivity contribution >= 4 is 34.7 Å². The van der Waals surface area contributed by atoms with E-state index in [0.717, 1.165) is 22.3 Å². The zero-order valence-corrected chi connectivity index (χ0v) is 20.2. The van der Waals surface area contributed by atoms with E-state index in [2.05, 4.69) is 5.32 Å². The average Bonchev–Trinajstić information content (AvgIpc) is 3.14. The molecule has 3 aromatic carbocycles. The summed E-state index contributed by atoms with van der Waals surface area (Å²) in [5, 5.41) is 12.2. The van der Waals surface area contributed by atoms with Gasteiger partial charge >= 0.3 is 12.1 Å². The maximum absolute atomic E-state index is 12.6. The second-order valence-corrected chi connectivity index (χ2v) is 8.64. The lowest BCUT2D eigenvalue weighted by molar-refractivity contribution is -0.139. The second kappa shape index (κ2) is 9.70. The third-order valence-corrected chi connectivity index (χ3v) is 6.44. The number of ether oxygens (including phenoxy) is 3. The fourth-order valence-electron chi connectivity index (χ4n) is 4.15. The van der Waals surface area contributed by atoms with Crippen LogP contribution in [0.15, 0.2) is 60.7 Å². The third kappa shape index (κ3) is 4.47. The Kier molecular flexibility index (Phi) is 6.73. The monoisotopic (exact) mass is 559 g/mol. The summed E-state index contributed by atoms with van der Waals surface area (Å²) in [7, 11) is 2.97. The van der Waals surface area contributed by atoms with Crippen molar-refractivity contribution in [3.8, 4) is 22.6 Å². The van der Waals surface area contributed by atoms with Gasteiger partial charge in [-0.3, -0.25) is 0 Å². The van der Waals surface area contributed by atoms with Crippen molar-refractivity contribution in [3.05, 3.63) is 80.9 Å². The molecule has 1 atom stereocenters. The molecule has 4 rings (SSSR count). The van der Waals surface area contributed by atoms with Crippen LogP contribution in [0.2, 0.25) is 0 Å². The van der Waals surface area contributed by atoms with Gasteiger partial charge in [0.15, 0.2) is 17.5 Å². The number of hydrogen-bond donors (Lipinski definition) is 2. The SMILES string of the molecule is COc1cc(C(NC(=O)OCC2c3ccccc3-c3ccccc32)C(=O)O)cc(I)c1OC. The lowest BCUT2D eigenvalue weighted by Crippen LogP contribution is -2.35. The summed E-state index contributed by atoms with van der Waals surface area (Å²) in [4.78, 5) is 24.6. The maximum atomic E-state index is 12.6. The number of carbonyl (C=O) groups is 2. The molecular weight excluding hydrogens is 537 g/mol. The number of rotatable bonds is 7. The molecule has 1 aliphatic rings. The standard InChI is InChI=1S/C25H22INO6/c1-31-21-12-14(11-20(26)23(21)32-2)22(24(28)29)27-25(30)33-13-19-17-9-5-3-7-15(17)16-8-4-6-10-18(16)19/h3-12,19,22H,13H2,1-2H3,(H,27,30)(H,28,29). The van der Waals surface area contributed by atoms with E-state index >= 15 is 0 Å². The summed E-state index contributed by atoms with van der Waals surface area (Å²) in [5.41, 5.74) is 4.74. The third-order valence-electron chi connectivity index (χ3n) is 5.64. The van der Waals surface area contributed by atoms with Gasteiger partial charge in [0.05, 0.1) is 17.8 Å². The molecule has 0 saturated carbocycles. The molecule has 0 spiro atoms. The number of aliphatic carboxylic acids is 1. The van der Waals surface area contributed by atoms with Crippen LogP contribution in [0.25, 0.3) is 11.1 Å². The van der Waals surface area contributed by atoms with E-state index < -0.39 is 18.1 Å². The van der Waals surface area contributed by atoms with Gasteiger partial charge in [0.1, 0.15) is 6.61 Å². The number of methoxy groups -OCH3 is 2. The van der Waals surface area contributed by atoms with Crippen molar-refractivity contribution in [2.24, 2.45) is 0 Å². The first kappa shape index (κ1) is 22.9. The Labute approximate surface area is 204 Å². The Balaban J connectivity index is 1.51. The molecule has 8 heteroatoms. The van der Waals surface area contributed by atoms with Crippen LogP contribution < -0.4 is 14.8 Å². The number of benzene rings is 3. The van der Waals surface area contributed by atoms with E-state index in [4.69, 9.17) is 14.2 Å². The predicted octanol–water partition coefficient (Wildman–Crippen LogP) is 4.97. The summed E-state index contributed by atoms with van der Waals surface area (Å²) in [6.07, 6.45) is -0.811. The average molecular weight is 559 g/mol. The molecule has 0 saturated heterocycles. The number of carbonyl (C=O) groups excluding carboxylic acids is 1. The first-order valence-electron chi connectivity index (χ1n) is 10.2. The quantitative estimate of drug-likeness (QED) is 0.397. The normalized spacial score (nSPS) is 12.9. The highest BCUT2D eigenvalue weighted by atomic mass is 127. The van der Waals surface area contributed by atoms with Gasteiger partial charge in [0.25, 0.3) is 0 Å². The van der Waals surface area contributed by atoms with Crippen LogP contribution in [0.5, 0.6) is 11.5 Å². The highest BCUT2D eigenvalue weighted by molar-refractivity contribution is 14.1. The lowest BCUT2D eigenvalue weighted by atomic mass is 9.98.